The summed E-state index contributed by atoms with van der Waals surface area (Å²) in [5.41, 5.74) is 1.85. The minimum Gasteiger partial charge on any atom is -0.454 e. The highest BCUT2D eigenvalue weighted by Crippen LogP contribution is 2.37. The summed E-state index contributed by atoms with van der Waals surface area (Å²) in [6, 6.07) is 6.01. The number of nitrogens with zero attached hydrogens (tertiary/aromatic N) is 4. The molecule has 6 rings (SSSR count). The molecule has 0 spiro atoms. The zero-order valence-corrected chi connectivity index (χ0v) is 17.7. The molecule has 3 aliphatic rings. The van der Waals surface area contributed by atoms with Crippen LogP contribution in [-0.4, -0.2) is 44.4 Å². The summed E-state index contributed by atoms with van der Waals surface area (Å²) in [6.45, 7) is 2.87. The van der Waals surface area contributed by atoms with Crippen LogP contribution in [0.25, 0.3) is 16.6 Å². The Hall–Kier alpha value is -3.03. The third-order valence-electron chi connectivity index (χ3n) is 7.18. The minimum atomic E-state index is -0.298. The molecule has 1 aliphatic carbocycles. The van der Waals surface area contributed by atoms with Gasteiger partial charge >= 0.3 is 5.69 Å². The average molecular weight is 422 g/mol. The Balaban J connectivity index is 1.39. The van der Waals surface area contributed by atoms with E-state index in [1.807, 2.05) is 30.0 Å². The fourth-order valence-electron chi connectivity index (χ4n) is 5.69. The number of aromatic nitrogens is 3. The summed E-state index contributed by atoms with van der Waals surface area (Å²) in [5.74, 6) is 1.90. The number of ether oxygens (including phenoxy) is 2. The average Bonchev–Trinajstić information content (AvgIpc) is 3.36. The molecule has 1 saturated carbocycles. The number of benzene rings is 1. The first-order chi connectivity index (χ1) is 15.1. The molecule has 0 unspecified atom stereocenters. The zero-order chi connectivity index (χ0) is 21.1. The number of likely N-dealkylation sites (tertiary alicyclic amines) is 1. The van der Waals surface area contributed by atoms with E-state index < -0.39 is 0 Å². The van der Waals surface area contributed by atoms with E-state index in [2.05, 4.69) is 5.10 Å². The highest BCUT2D eigenvalue weighted by atomic mass is 16.7. The Labute approximate surface area is 179 Å². The molecule has 8 nitrogen and oxygen atoms in total. The molecule has 0 radical (unpaired) electrons. The minimum absolute atomic E-state index is 0.00156. The molecule has 162 valence electrons. The van der Waals surface area contributed by atoms with Gasteiger partial charge < -0.3 is 14.4 Å². The first kappa shape index (κ1) is 18.7. The molecule has 0 N–H and O–H groups in total. The standard InChI is InChI=1S/C23H26N4O4/c1-14-9-16-10-19-20(31-13-30-19)11-18(16)27-22(14)24-26(23(27)29)12-21(28)25-8-4-6-15-5-2-3-7-17(15)25/h9-11,15,17H,2-8,12-13H2,1H3/t15-,17-/m1/s1. The van der Waals surface area contributed by atoms with Crippen molar-refractivity contribution in [1.29, 1.82) is 0 Å². The van der Waals surface area contributed by atoms with Crippen LogP contribution in [0, 0.1) is 12.8 Å². The summed E-state index contributed by atoms with van der Waals surface area (Å²) in [7, 11) is 0. The second-order valence-electron chi connectivity index (χ2n) is 9.03. The van der Waals surface area contributed by atoms with Crippen LogP contribution >= 0.6 is 0 Å². The number of pyridine rings is 1. The van der Waals surface area contributed by atoms with Crippen molar-refractivity contribution in [3.8, 4) is 11.5 Å². The van der Waals surface area contributed by atoms with E-state index >= 15 is 0 Å². The van der Waals surface area contributed by atoms with Crippen LogP contribution in [0.4, 0.5) is 0 Å². The highest BCUT2D eigenvalue weighted by molar-refractivity contribution is 5.87. The smallest absolute Gasteiger partial charge is 0.351 e. The Morgan fingerprint density at radius 1 is 1.10 bits per heavy atom. The van der Waals surface area contributed by atoms with E-state index in [9.17, 15) is 9.59 Å². The van der Waals surface area contributed by atoms with Crippen molar-refractivity contribution in [3.63, 3.8) is 0 Å². The van der Waals surface area contributed by atoms with Crippen LogP contribution in [-0.2, 0) is 11.3 Å². The number of hydrogen-bond acceptors (Lipinski definition) is 5. The van der Waals surface area contributed by atoms with Crippen molar-refractivity contribution in [2.75, 3.05) is 13.3 Å². The fourth-order valence-corrected chi connectivity index (χ4v) is 5.69. The van der Waals surface area contributed by atoms with Crippen LogP contribution in [0.3, 0.4) is 0 Å². The van der Waals surface area contributed by atoms with Crippen molar-refractivity contribution >= 4 is 22.5 Å². The van der Waals surface area contributed by atoms with E-state index in [0.29, 0.717) is 34.6 Å². The highest BCUT2D eigenvalue weighted by Gasteiger charge is 2.36. The van der Waals surface area contributed by atoms with Gasteiger partial charge in [0.05, 0.1) is 5.52 Å². The first-order valence-electron chi connectivity index (χ1n) is 11.2. The van der Waals surface area contributed by atoms with Crippen molar-refractivity contribution < 1.29 is 14.3 Å². The van der Waals surface area contributed by atoms with Gasteiger partial charge in [0, 0.05) is 24.0 Å². The van der Waals surface area contributed by atoms with Crippen LogP contribution in [0.15, 0.2) is 23.0 Å². The van der Waals surface area contributed by atoms with Crippen LogP contribution in [0.1, 0.15) is 44.1 Å². The summed E-state index contributed by atoms with van der Waals surface area (Å²) in [4.78, 5) is 28.6. The first-order valence-corrected chi connectivity index (χ1v) is 11.2. The Bertz CT molecular complexity index is 1260. The molecule has 2 aromatic heterocycles. The normalized spacial score (nSPS) is 22.8. The van der Waals surface area contributed by atoms with E-state index in [4.69, 9.17) is 9.47 Å². The SMILES string of the molecule is Cc1cc2cc3c(cc2n2c(=O)n(CC(=O)N4CCC[C@H]5CCCC[C@H]54)nc12)OCO3. The summed E-state index contributed by atoms with van der Waals surface area (Å²) in [6.07, 6.45) is 6.99. The van der Waals surface area contributed by atoms with Gasteiger partial charge in [0.1, 0.15) is 6.54 Å². The maximum atomic E-state index is 13.3. The van der Waals surface area contributed by atoms with Gasteiger partial charge in [0.25, 0.3) is 0 Å². The van der Waals surface area contributed by atoms with E-state index in [1.54, 1.807) is 4.40 Å². The van der Waals surface area contributed by atoms with Gasteiger partial charge in [-0.3, -0.25) is 4.79 Å². The third kappa shape index (κ3) is 2.91. The Kier molecular flexibility index (Phi) is 4.23. The molecule has 4 heterocycles. The van der Waals surface area contributed by atoms with Crippen molar-refractivity contribution in [2.45, 2.75) is 58.0 Å². The number of rotatable bonds is 2. The van der Waals surface area contributed by atoms with Crippen molar-refractivity contribution in [1.82, 2.24) is 19.1 Å². The summed E-state index contributed by atoms with van der Waals surface area (Å²) < 4.78 is 13.9. The molecule has 2 atom stereocenters. The molecule has 3 aromatic rings. The topological polar surface area (TPSA) is 78.1 Å². The van der Waals surface area contributed by atoms with Gasteiger partial charge in [0.2, 0.25) is 12.7 Å². The maximum Gasteiger partial charge on any atom is 0.351 e. The maximum absolute atomic E-state index is 13.3. The van der Waals surface area contributed by atoms with Gasteiger partial charge in [-0.1, -0.05) is 12.8 Å². The van der Waals surface area contributed by atoms with Crippen molar-refractivity contribution in [3.05, 3.63) is 34.2 Å². The van der Waals surface area contributed by atoms with Crippen LogP contribution in [0.5, 0.6) is 11.5 Å². The Morgan fingerprint density at radius 3 is 2.74 bits per heavy atom. The number of amides is 1. The molecule has 8 heteroatoms. The molecule has 2 aliphatic heterocycles. The van der Waals surface area contributed by atoms with Gasteiger partial charge in [-0.2, -0.15) is 0 Å². The second kappa shape index (κ2) is 7.00. The molecule has 31 heavy (non-hydrogen) atoms. The zero-order valence-electron chi connectivity index (χ0n) is 17.7. The predicted octanol–water partition coefficient (Wildman–Crippen LogP) is 2.87. The van der Waals surface area contributed by atoms with E-state index in [-0.39, 0.29) is 24.9 Å². The molecule has 1 saturated heterocycles. The lowest BCUT2D eigenvalue weighted by molar-refractivity contribution is -0.138. The lowest BCUT2D eigenvalue weighted by atomic mass is 9.78. The number of carbonyl (C=O) groups is 1. The molecular weight excluding hydrogens is 396 g/mol. The van der Waals surface area contributed by atoms with Gasteiger partial charge in [-0.25, -0.2) is 13.9 Å². The lowest BCUT2D eigenvalue weighted by Crippen LogP contribution is -2.51. The lowest BCUT2D eigenvalue weighted by Gasteiger charge is -2.44. The van der Waals surface area contributed by atoms with Gasteiger partial charge in [-0.05, 0) is 56.2 Å². The number of aryl methyl sites for hydroxylation is 1. The quantitative estimate of drug-likeness (QED) is 0.635. The van der Waals surface area contributed by atoms with Crippen molar-refractivity contribution in [2.24, 2.45) is 5.92 Å². The molecule has 1 amide bonds. The molecule has 1 aromatic carbocycles. The van der Waals surface area contributed by atoms with Crippen LogP contribution in [0.2, 0.25) is 0 Å². The number of fused-ring (bicyclic) bond motifs is 5. The number of carbonyl (C=O) groups excluding carboxylic acids is 1. The van der Waals surface area contributed by atoms with Crippen LogP contribution < -0.4 is 15.2 Å². The third-order valence-corrected chi connectivity index (χ3v) is 7.18. The summed E-state index contributed by atoms with van der Waals surface area (Å²) in [5, 5.41) is 5.42. The van der Waals surface area contributed by atoms with Gasteiger partial charge in [0.15, 0.2) is 17.1 Å². The molecule has 0 bridgehead atoms. The second-order valence-corrected chi connectivity index (χ2v) is 9.03. The van der Waals surface area contributed by atoms with E-state index in [1.165, 1.54) is 30.4 Å². The largest absolute Gasteiger partial charge is 0.454 e. The molecular formula is C23H26N4O4. The Morgan fingerprint density at radius 2 is 1.87 bits per heavy atom. The molecule has 2 fully saturated rings. The fraction of sp³-hybridized carbons (Fsp3) is 0.522. The number of hydrogen-bond donors (Lipinski definition) is 0. The van der Waals surface area contributed by atoms with E-state index in [0.717, 1.165) is 30.3 Å². The predicted molar refractivity (Wildman–Crippen MR) is 115 cm³/mol. The monoisotopic (exact) mass is 422 g/mol. The number of piperidine rings is 1. The summed E-state index contributed by atoms with van der Waals surface area (Å²) >= 11 is 0. The van der Waals surface area contributed by atoms with Gasteiger partial charge in [-0.15, -0.1) is 5.10 Å².